The molecule has 25 heavy (non-hydrogen) atoms. The van der Waals surface area contributed by atoms with Crippen LogP contribution in [0.2, 0.25) is 0 Å². The van der Waals surface area contributed by atoms with Crippen molar-refractivity contribution in [1.82, 2.24) is 4.98 Å². The largest absolute Gasteiger partial charge is 0.449 e. The van der Waals surface area contributed by atoms with Gasteiger partial charge >= 0.3 is 5.97 Å². The number of pyridine rings is 1. The number of carbonyl (C=O) groups excluding carboxylic acids is 2. The summed E-state index contributed by atoms with van der Waals surface area (Å²) in [5, 5.41) is 4.75. The fourth-order valence-electron chi connectivity index (χ4n) is 2.37. The third-order valence-corrected chi connectivity index (χ3v) is 3.71. The summed E-state index contributed by atoms with van der Waals surface area (Å²) >= 11 is 0. The van der Waals surface area contributed by atoms with Crippen LogP contribution in [-0.4, -0.2) is 23.0 Å². The molecule has 0 spiro atoms. The standard InChI is InChI=1S/C19H16N2O4/c1-12(25-19(24)16-7-4-10-20-18(16)23)17(22)21-15-9-8-13-5-2-3-6-14(13)11-15/h2-12H,1H3,(H,20,23)(H,21,22)/t12-/m0/s1. The Kier molecular flexibility index (Phi) is 4.61. The van der Waals surface area contributed by atoms with Crippen LogP contribution < -0.4 is 10.9 Å². The second-order valence-electron chi connectivity index (χ2n) is 5.51. The van der Waals surface area contributed by atoms with E-state index >= 15 is 0 Å². The summed E-state index contributed by atoms with van der Waals surface area (Å²) < 4.78 is 5.07. The zero-order valence-corrected chi connectivity index (χ0v) is 13.5. The number of ether oxygens (including phenoxy) is 1. The summed E-state index contributed by atoms with van der Waals surface area (Å²) in [6.07, 6.45) is 0.369. The number of H-pyrrole nitrogens is 1. The molecule has 2 N–H and O–H groups in total. The first kappa shape index (κ1) is 16.4. The third kappa shape index (κ3) is 3.74. The molecule has 126 valence electrons. The minimum atomic E-state index is -1.04. The Morgan fingerprint density at radius 2 is 1.80 bits per heavy atom. The molecule has 0 radical (unpaired) electrons. The van der Waals surface area contributed by atoms with Crippen molar-refractivity contribution in [3.8, 4) is 0 Å². The van der Waals surface area contributed by atoms with Gasteiger partial charge in [0.05, 0.1) is 0 Å². The van der Waals surface area contributed by atoms with Gasteiger partial charge < -0.3 is 15.0 Å². The molecule has 6 heteroatoms. The van der Waals surface area contributed by atoms with Crippen molar-refractivity contribution in [2.24, 2.45) is 0 Å². The predicted molar refractivity (Wildman–Crippen MR) is 94.5 cm³/mol. The van der Waals surface area contributed by atoms with Crippen molar-refractivity contribution in [3.05, 3.63) is 76.7 Å². The highest BCUT2D eigenvalue weighted by molar-refractivity contribution is 5.98. The van der Waals surface area contributed by atoms with Crippen LogP contribution >= 0.6 is 0 Å². The summed E-state index contributed by atoms with van der Waals surface area (Å²) in [7, 11) is 0. The van der Waals surface area contributed by atoms with Crippen molar-refractivity contribution in [3.63, 3.8) is 0 Å². The van der Waals surface area contributed by atoms with Crippen LogP contribution in [0.1, 0.15) is 17.3 Å². The molecule has 1 atom stereocenters. The van der Waals surface area contributed by atoms with Crippen LogP contribution in [0.4, 0.5) is 5.69 Å². The van der Waals surface area contributed by atoms with Gasteiger partial charge in [0.15, 0.2) is 6.10 Å². The van der Waals surface area contributed by atoms with Gasteiger partial charge in [-0.1, -0.05) is 30.3 Å². The number of aromatic nitrogens is 1. The number of nitrogens with one attached hydrogen (secondary N) is 2. The molecular formula is C19H16N2O4. The summed E-state index contributed by atoms with van der Waals surface area (Å²) in [6.45, 7) is 1.45. The Labute approximate surface area is 143 Å². The Morgan fingerprint density at radius 1 is 1.04 bits per heavy atom. The quantitative estimate of drug-likeness (QED) is 0.717. The van der Waals surface area contributed by atoms with Crippen molar-refractivity contribution < 1.29 is 14.3 Å². The fraction of sp³-hybridized carbons (Fsp3) is 0.105. The molecule has 1 heterocycles. The lowest BCUT2D eigenvalue weighted by atomic mass is 10.1. The smallest absolute Gasteiger partial charge is 0.344 e. The average molecular weight is 336 g/mol. The molecular weight excluding hydrogens is 320 g/mol. The maximum Gasteiger partial charge on any atom is 0.344 e. The highest BCUT2D eigenvalue weighted by Gasteiger charge is 2.20. The van der Waals surface area contributed by atoms with Crippen LogP contribution in [0.3, 0.4) is 0 Å². The molecule has 0 unspecified atom stereocenters. The first-order valence-electron chi connectivity index (χ1n) is 7.73. The monoisotopic (exact) mass is 336 g/mol. The summed E-state index contributed by atoms with van der Waals surface area (Å²) in [5.41, 5.74) is -0.105. The van der Waals surface area contributed by atoms with E-state index in [0.29, 0.717) is 5.69 Å². The van der Waals surface area contributed by atoms with Crippen LogP contribution in [0.5, 0.6) is 0 Å². The number of esters is 1. The molecule has 3 aromatic rings. The normalized spacial score (nSPS) is 11.7. The van der Waals surface area contributed by atoms with Gasteiger partial charge in [0.1, 0.15) is 5.56 Å². The Balaban J connectivity index is 1.68. The van der Waals surface area contributed by atoms with Crippen LogP contribution in [0.15, 0.2) is 65.6 Å². The average Bonchev–Trinajstić information content (AvgIpc) is 2.61. The highest BCUT2D eigenvalue weighted by Crippen LogP contribution is 2.19. The number of rotatable bonds is 4. The van der Waals surface area contributed by atoms with Crippen LogP contribution in [0.25, 0.3) is 10.8 Å². The van der Waals surface area contributed by atoms with Crippen molar-refractivity contribution in [1.29, 1.82) is 0 Å². The van der Waals surface area contributed by atoms with Gasteiger partial charge in [-0.15, -0.1) is 0 Å². The number of hydrogen-bond donors (Lipinski definition) is 2. The second-order valence-corrected chi connectivity index (χ2v) is 5.51. The number of fused-ring (bicyclic) bond motifs is 1. The van der Waals surface area contributed by atoms with Crippen molar-refractivity contribution in [2.75, 3.05) is 5.32 Å². The Morgan fingerprint density at radius 3 is 2.56 bits per heavy atom. The number of aromatic amines is 1. The summed E-state index contributed by atoms with van der Waals surface area (Å²) in [6, 6.07) is 16.1. The Bertz CT molecular complexity index is 994. The molecule has 0 aliphatic rings. The van der Waals surface area contributed by atoms with E-state index in [1.165, 1.54) is 25.3 Å². The Hall–Kier alpha value is -3.41. The minimum Gasteiger partial charge on any atom is -0.449 e. The van der Waals surface area contributed by atoms with E-state index in [2.05, 4.69) is 10.3 Å². The van der Waals surface area contributed by atoms with Gasteiger partial charge in [-0.2, -0.15) is 0 Å². The van der Waals surface area contributed by atoms with Crippen molar-refractivity contribution in [2.45, 2.75) is 13.0 Å². The number of benzene rings is 2. The number of amides is 1. The molecule has 1 amide bonds. The molecule has 0 bridgehead atoms. The summed E-state index contributed by atoms with van der Waals surface area (Å²) in [5.74, 6) is -1.32. The predicted octanol–water partition coefficient (Wildman–Crippen LogP) is 2.71. The van der Waals surface area contributed by atoms with E-state index in [1.54, 1.807) is 6.07 Å². The van der Waals surface area contributed by atoms with E-state index in [9.17, 15) is 14.4 Å². The van der Waals surface area contributed by atoms with Gasteiger partial charge in [0, 0.05) is 11.9 Å². The van der Waals surface area contributed by atoms with Crippen LogP contribution in [-0.2, 0) is 9.53 Å². The molecule has 0 aliphatic carbocycles. The fourth-order valence-corrected chi connectivity index (χ4v) is 2.37. The lowest BCUT2D eigenvalue weighted by molar-refractivity contribution is -0.123. The topological polar surface area (TPSA) is 88.3 Å². The van der Waals surface area contributed by atoms with Gasteiger partial charge in [-0.3, -0.25) is 9.59 Å². The maximum absolute atomic E-state index is 12.2. The molecule has 2 aromatic carbocycles. The zero-order valence-electron chi connectivity index (χ0n) is 13.5. The van der Waals surface area contributed by atoms with E-state index in [1.807, 2.05) is 36.4 Å². The number of hydrogen-bond acceptors (Lipinski definition) is 4. The molecule has 0 aliphatic heterocycles. The van der Waals surface area contributed by atoms with E-state index < -0.39 is 23.5 Å². The van der Waals surface area contributed by atoms with Gasteiger partial charge in [0.2, 0.25) is 0 Å². The molecule has 0 saturated carbocycles. The first-order valence-corrected chi connectivity index (χ1v) is 7.73. The SMILES string of the molecule is C[C@H](OC(=O)c1ccc[nH]c1=O)C(=O)Nc1ccc2ccccc2c1. The van der Waals surface area contributed by atoms with E-state index in [0.717, 1.165) is 10.8 Å². The van der Waals surface area contributed by atoms with E-state index in [-0.39, 0.29) is 5.56 Å². The lowest BCUT2D eigenvalue weighted by Gasteiger charge is -2.13. The number of anilines is 1. The molecule has 0 saturated heterocycles. The zero-order chi connectivity index (χ0) is 17.8. The first-order chi connectivity index (χ1) is 12.0. The van der Waals surface area contributed by atoms with Crippen molar-refractivity contribution >= 4 is 28.3 Å². The molecule has 6 nitrogen and oxygen atoms in total. The maximum atomic E-state index is 12.2. The minimum absolute atomic E-state index is 0.146. The molecule has 1 aromatic heterocycles. The van der Waals surface area contributed by atoms with Gasteiger partial charge in [-0.05, 0) is 42.0 Å². The number of carbonyl (C=O) groups is 2. The van der Waals surface area contributed by atoms with E-state index in [4.69, 9.17) is 4.74 Å². The van der Waals surface area contributed by atoms with Crippen LogP contribution in [0, 0.1) is 0 Å². The van der Waals surface area contributed by atoms with Gasteiger partial charge in [-0.25, -0.2) is 4.79 Å². The summed E-state index contributed by atoms with van der Waals surface area (Å²) in [4.78, 5) is 38.2. The lowest BCUT2D eigenvalue weighted by Crippen LogP contribution is -2.31. The highest BCUT2D eigenvalue weighted by atomic mass is 16.5. The van der Waals surface area contributed by atoms with Gasteiger partial charge in [0.25, 0.3) is 11.5 Å². The molecule has 3 rings (SSSR count). The second kappa shape index (κ2) is 7.00. The molecule has 0 fully saturated rings. The third-order valence-electron chi connectivity index (χ3n) is 3.71.